The molecule has 2 aliphatic heterocycles. The topological polar surface area (TPSA) is 65.3 Å². The molecule has 2 aliphatic rings. The molecule has 1 fully saturated rings. The van der Waals surface area contributed by atoms with Crippen LogP contribution in [0.25, 0.3) is 10.6 Å². The molecule has 5 heterocycles. The fraction of sp³-hybridized carbons (Fsp3) is 0.500. The number of thiophene rings is 1. The third-order valence-electron chi connectivity index (χ3n) is 6.17. The Labute approximate surface area is 180 Å². The zero-order valence-corrected chi connectivity index (χ0v) is 18.1. The Hall–Kier alpha value is -2.13. The molecule has 1 spiro atoms. The molecule has 7 nitrogen and oxygen atoms in total. The minimum Gasteiger partial charge on any atom is -0.383 e. The molecule has 8 heteroatoms. The minimum atomic E-state index is -0.147. The predicted octanol–water partition coefficient (Wildman–Crippen LogP) is 3.11. The van der Waals surface area contributed by atoms with Gasteiger partial charge in [-0.3, -0.25) is 14.9 Å². The molecule has 30 heavy (non-hydrogen) atoms. The van der Waals surface area contributed by atoms with E-state index in [0.29, 0.717) is 6.61 Å². The summed E-state index contributed by atoms with van der Waals surface area (Å²) in [5.41, 5.74) is 3.48. The maximum atomic E-state index is 6.46. The summed E-state index contributed by atoms with van der Waals surface area (Å²) in [6, 6.07) is 2.30. The third kappa shape index (κ3) is 3.80. The van der Waals surface area contributed by atoms with Crippen LogP contribution in [0.5, 0.6) is 0 Å². The van der Waals surface area contributed by atoms with Gasteiger partial charge in [-0.15, -0.1) is 11.3 Å². The number of imidazole rings is 1. The van der Waals surface area contributed by atoms with E-state index in [2.05, 4.69) is 30.5 Å². The Morgan fingerprint density at radius 2 is 2.10 bits per heavy atom. The highest BCUT2D eigenvalue weighted by molar-refractivity contribution is 7.15. The highest BCUT2D eigenvalue weighted by Crippen LogP contribution is 2.47. The van der Waals surface area contributed by atoms with Gasteiger partial charge in [0.25, 0.3) is 0 Å². The lowest BCUT2D eigenvalue weighted by Gasteiger charge is -2.43. The molecule has 0 unspecified atom stereocenters. The molecule has 0 aliphatic carbocycles. The zero-order valence-electron chi connectivity index (χ0n) is 17.3. The summed E-state index contributed by atoms with van der Waals surface area (Å²) in [4.78, 5) is 18.2. The van der Waals surface area contributed by atoms with Crippen molar-refractivity contribution in [2.75, 3.05) is 33.4 Å². The van der Waals surface area contributed by atoms with E-state index in [9.17, 15) is 0 Å². The lowest BCUT2D eigenvalue weighted by molar-refractivity contribution is -0.0962. The van der Waals surface area contributed by atoms with Crippen LogP contribution in [-0.4, -0.2) is 57.8 Å². The maximum absolute atomic E-state index is 6.46. The molecule has 0 radical (unpaired) electrons. The van der Waals surface area contributed by atoms with Gasteiger partial charge in [0, 0.05) is 56.8 Å². The maximum Gasteiger partial charge on any atom is 0.105 e. The largest absolute Gasteiger partial charge is 0.383 e. The summed E-state index contributed by atoms with van der Waals surface area (Å²) in [5.74, 6) is 0. The summed E-state index contributed by atoms with van der Waals surface area (Å²) in [7, 11) is 1.74. The van der Waals surface area contributed by atoms with Gasteiger partial charge < -0.3 is 14.0 Å². The first kappa shape index (κ1) is 19.8. The number of fused-ring (bicyclic) bond motifs is 2. The normalized spacial score (nSPS) is 18.6. The van der Waals surface area contributed by atoms with E-state index in [1.807, 2.05) is 30.1 Å². The number of rotatable bonds is 6. The second-order valence-electron chi connectivity index (χ2n) is 8.00. The molecule has 3 aromatic heterocycles. The van der Waals surface area contributed by atoms with Crippen molar-refractivity contribution in [1.29, 1.82) is 0 Å². The van der Waals surface area contributed by atoms with Gasteiger partial charge in [0.05, 0.1) is 42.0 Å². The van der Waals surface area contributed by atoms with Crippen LogP contribution < -0.4 is 0 Å². The van der Waals surface area contributed by atoms with Crippen molar-refractivity contribution in [1.82, 2.24) is 24.4 Å². The smallest absolute Gasteiger partial charge is 0.105 e. The summed E-state index contributed by atoms with van der Waals surface area (Å²) in [6.07, 6.45) is 12.2. The summed E-state index contributed by atoms with van der Waals surface area (Å²) < 4.78 is 13.9. The molecular formula is C22H27N5O2S. The van der Waals surface area contributed by atoms with Gasteiger partial charge in [0.1, 0.15) is 5.60 Å². The number of ether oxygens (including phenoxy) is 2. The van der Waals surface area contributed by atoms with Crippen LogP contribution in [0.2, 0.25) is 0 Å². The minimum absolute atomic E-state index is 0.147. The first-order valence-corrected chi connectivity index (χ1v) is 11.3. The lowest BCUT2D eigenvalue weighted by Crippen LogP contribution is -2.45. The SMILES string of the molecule is COCCn1cncc1CN1CCC2(CC1)OCCc1cc(-c3cnccn3)sc12. The van der Waals surface area contributed by atoms with Crippen molar-refractivity contribution >= 4 is 11.3 Å². The lowest BCUT2D eigenvalue weighted by atomic mass is 9.85. The van der Waals surface area contributed by atoms with Gasteiger partial charge in [-0.25, -0.2) is 4.98 Å². The molecule has 1 saturated heterocycles. The fourth-order valence-electron chi connectivity index (χ4n) is 4.52. The fourth-order valence-corrected chi connectivity index (χ4v) is 5.89. The van der Waals surface area contributed by atoms with Crippen LogP contribution in [0.3, 0.4) is 0 Å². The van der Waals surface area contributed by atoms with Gasteiger partial charge in [-0.05, 0) is 30.9 Å². The number of hydrogen-bond donors (Lipinski definition) is 0. The number of hydrogen-bond acceptors (Lipinski definition) is 7. The van der Waals surface area contributed by atoms with Gasteiger partial charge in [0.2, 0.25) is 0 Å². The molecule has 5 rings (SSSR count). The number of nitrogens with zero attached hydrogens (tertiary/aromatic N) is 5. The Kier molecular flexibility index (Phi) is 5.64. The Morgan fingerprint density at radius 1 is 1.20 bits per heavy atom. The standard InChI is InChI=1S/C22H27N5O2S/c1-28-11-9-27-16-24-13-18(27)15-26-7-3-22(4-8-26)21-17(2-10-29-22)12-20(30-21)19-14-23-5-6-25-19/h5-6,12-14,16H,2-4,7-11,15H2,1H3. The van der Waals surface area contributed by atoms with E-state index < -0.39 is 0 Å². The predicted molar refractivity (Wildman–Crippen MR) is 115 cm³/mol. The number of methoxy groups -OCH3 is 1. The van der Waals surface area contributed by atoms with Gasteiger partial charge in [-0.1, -0.05) is 0 Å². The highest BCUT2D eigenvalue weighted by Gasteiger charge is 2.42. The van der Waals surface area contributed by atoms with Crippen molar-refractivity contribution < 1.29 is 9.47 Å². The van der Waals surface area contributed by atoms with Gasteiger partial charge in [-0.2, -0.15) is 0 Å². The van der Waals surface area contributed by atoms with Gasteiger partial charge >= 0.3 is 0 Å². The van der Waals surface area contributed by atoms with Crippen molar-refractivity contribution in [3.63, 3.8) is 0 Å². The van der Waals surface area contributed by atoms with Crippen LogP contribution in [0.4, 0.5) is 0 Å². The number of likely N-dealkylation sites (tertiary alicyclic amines) is 1. The molecular weight excluding hydrogens is 398 g/mol. The summed E-state index contributed by atoms with van der Waals surface area (Å²) in [5, 5.41) is 0. The molecule has 3 aromatic rings. The Morgan fingerprint density at radius 3 is 2.90 bits per heavy atom. The summed E-state index contributed by atoms with van der Waals surface area (Å²) in [6.45, 7) is 5.31. The number of piperidine rings is 1. The van der Waals surface area contributed by atoms with E-state index >= 15 is 0 Å². The Bertz CT molecular complexity index is 979. The van der Waals surface area contributed by atoms with Crippen LogP contribution in [0.1, 0.15) is 29.0 Å². The molecule has 0 bridgehead atoms. The van der Waals surface area contributed by atoms with Crippen LogP contribution >= 0.6 is 11.3 Å². The first-order chi connectivity index (χ1) is 14.8. The van der Waals surface area contributed by atoms with Crippen molar-refractivity contribution in [3.05, 3.63) is 53.3 Å². The monoisotopic (exact) mass is 425 g/mol. The average molecular weight is 426 g/mol. The van der Waals surface area contributed by atoms with E-state index in [0.717, 1.165) is 57.7 Å². The second-order valence-corrected chi connectivity index (χ2v) is 9.05. The molecule has 158 valence electrons. The molecule has 0 aromatic carbocycles. The van der Waals surface area contributed by atoms with E-state index in [-0.39, 0.29) is 5.60 Å². The van der Waals surface area contributed by atoms with Crippen molar-refractivity contribution in [2.24, 2.45) is 0 Å². The van der Waals surface area contributed by atoms with Crippen LogP contribution in [-0.2, 0) is 34.6 Å². The molecule has 0 amide bonds. The van der Waals surface area contributed by atoms with E-state index in [1.54, 1.807) is 19.5 Å². The van der Waals surface area contributed by atoms with E-state index in [1.165, 1.54) is 21.0 Å². The first-order valence-electron chi connectivity index (χ1n) is 10.5. The highest BCUT2D eigenvalue weighted by atomic mass is 32.1. The quantitative estimate of drug-likeness (QED) is 0.605. The zero-order chi connectivity index (χ0) is 20.4. The third-order valence-corrected chi connectivity index (χ3v) is 7.56. The van der Waals surface area contributed by atoms with Crippen molar-refractivity contribution in [2.45, 2.75) is 38.0 Å². The number of aromatic nitrogens is 4. The average Bonchev–Trinajstić information content (AvgIpc) is 3.42. The molecule has 0 N–H and O–H groups in total. The Balaban J connectivity index is 1.30. The van der Waals surface area contributed by atoms with E-state index in [4.69, 9.17) is 9.47 Å². The van der Waals surface area contributed by atoms with Gasteiger partial charge in [0.15, 0.2) is 0 Å². The van der Waals surface area contributed by atoms with Crippen LogP contribution in [0, 0.1) is 0 Å². The second kappa shape index (κ2) is 8.55. The van der Waals surface area contributed by atoms with Crippen molar-refractivity contribution in [3.8, 4) is 10.6 Å². The summed E-state index contributed by atoms with van der Waals surface area (Å²) >= 11 is 1.84. The molecule has 0 saturated carbocycles. The van der Waals surface area contributed by atoms with Crippen LogP contribution in [0.15, 0.2) is 37.2 Å². The molecule has 0 atom stereocenters.